The van der Waals surface area contributed by atoms with Crippen molar-refractivity contribution in [3.05, 3.63) is 64.2 Å². The summed E-state index contributed by atoms with van der Waals surface area (Å²) in [5.74, 6) is -1.85. The molecule has 0 spiro atoms. The molecule has 1 saturated heterocycles. The highest BCUT2D eigenvalue weighted by molar-refractivity contribution is 6.30. The lowest BCUT2D eigenvalue weighted by Gasteiger charge is -2.44. The van der Waals surface area contributed by atoms with E-state index in [1.54, 1.807) is 6.92 Å². The summed E-state index contributed by atoms with van der Waals surface area (Å²) in [4.78, 5) is 21.1. The highest BCUT2D eigenvalue weighted by atomic mass is 35.5. The summed E-state index contributed by atoms with van der Waals surface area (Å²) >= 11 is 5.61. The molecule has 5 nitrogen and oxygen atoms in total. The molecule has 0 radical (unpaired) electrons. The third kappa shape index (κ3) is 6.02. The number of amides is 1. The molecule has 31 heavy (non-hydrogen) atoms. The summed E-state index contributed by atoms with van der Waals surface area (Å²) in [7, 11) is 0. The molecule has 2 atom stereocenters. The van der Waals surface area contributed by atoms with Crippen LogP contribution in [0.15, 0.2) is 36.4 Å². The first-order valence-electron chi connectivity index (χ1n) is 9.91. The first-order valence-corrected chi connectivity index (χ1v) is 10.3. The van der Waals surface area contributed by atoms with Gasteiger partial charge in [-0.2, -0.15) is 0 Å². The second-order valence-electron chi connectivity index (χ2n) is 7.34. The fourth-order valence-corrected chi connectivity index (χ4v) is 3.51. The van der Waals surface area contributed by atoms with Gasteiger partial charge in [-0.1, -0.05) is 36.2 Å². The number of aryl methyl sites for hydroxylation is 1. The van der Waals surface area contributed by atoms with Gasteiger partial charge in [-0.25, -0.2) is 8.78 Å². The Bertz CT molecular complexity index is 886. The van der Waals surface area contributed by atoms with E-state index in [0.717, 1.165) is 23.4 Å². The van der Waals surface area contributed by atoms with Crippen molar-refractivity contribution in [3.8, 4) is 5.75 Å². The van der Waals surface area contributed by atoms with Crippen molar-refractivity contribution in [3.63, 3.8) is 0 Å². The highest BCUT2D eigenvalue weighted by Crippen LogP contribution is 2.47. The van der Waals surface area contributed by atoms with Gasteiger partial charge in [0.1, 0.15) is 12.1 Å². The number of hydrogen-bond donors (Lipinski definition) is 1. The molecule has 0 aliphatic carbocycles. The van der Waals surface area contributed by atoms with Crippen LogP contribution < -0.4 is 10.5 Å². The zero-order valence-electron chi connectivity index (χ0n) is 17.5. The summed E-state index contributed by atoms with van der Waals surface area (Å²) in [6.45, 7) is 4.63. The average molecular weight is 454 g/mol. The molecule has 0 aromatic heterocycles. The Hall–Kier alpha value is -2.51. The summed E-state index contributed by atoms with van der Waals surface area (Å²) in [5.41, 5.74) is 4.93. The van der Waals surface area contributed by atoms with Gasteiger partial charge in [0.05, 0.1) is 18.6 Å². The Labute approximate surface area is 185 Å². The molecule has 1 amide bonds. The minimum atomic E-state index is -1.02. The number of aldehydes is 1. The molecule has 2 N–H and O–H groups in total. The maximum Gasteiger partial charge on any atom is 0.217 e. The minimum Gasteiger partial charge on any atom is -0.490 e. The number of hydrogen-bond acceptors (Lipinski definition) is 4. The minimum absolute atomic E-state index is 0.0528. The van der Waals surface area contributed by atoms with E-state index in [9.17, 15) is 18.4 Å². The topological polar surface area (TPSA) is 78.6 Å². The molecule has 2 aliphatic heterocycles. The summed E-state index contributed by atoms with van der Waals surface area (Å²) in [5, 5.41) is 0.801. The average Bonchev–Trinajstić information content (AvgIpc) is 2.78. The SMILES string of the molecule is CCC(N)=O.Cc1ccc(Cl)cc1.O=CC12CCOCC1COc1c(F)ccc(F)c12. The van der Waals surface area contributed by atoms with Gasteiger partial charge in [0.15, 0.2) is 11.6 Å². The lowest BCUT2D eigenvalue weighted by atomic mass is 9.67. The third-order valence-corrected chi connectivity index (χ3v) is 5.48. The second-order valence-corrected chi connectivity index (χ2v) is 7.78. The van der Waals surface area contributed by atoms with Crippen LogP contribution in [0, 0.1) is 24.5 Å². The van der Waals surface area contributed by atoms with Crippen LogP contribution in [0.3, 0.4) is 0 Å². The van der Waals surface area contributed by atoms with Gasteiger partial charge in [-0.15, -0.1) is 0 Å². The quantitative estimate of drug-likeness (QED) is 0.685. The lowest BCUT2D eigenvalue weighted by molar-refractivity contribution is -0.123. The molecule has 2 aromatic rings. The largest absolute Gasteiger partial charge is 0.490 e. The Morgan fingerprint density at radius 3 is 2.35 bits per heavy atom. The molecule has 0 bridgehead atoms. The predicted octanol–water partition coefficient (Wildman–Crippen LogP) is 4.36. The fraction of sp³-hybridized carbons (Fsp3) is 0.391. The summed E-state index contributed by atoms with van der Waals surface area (Å²) < 4.78 is 38.3. The molecule has 0 saturated carbocycles. The molecule has 2 aromatic carbocycles. The van der Waals surface area contributed by atoms with Gasteiger partial charge in [0, 0.05) is 29.5 Å². The van der Waals surface area contributed by atoms with Crippen LogP contribution in [-0.4, -0.2) is 32.0 Å². The number of halogens is 3. The van der Waals surface area contributed by atoms with Crippen molar-refractivity contribution in [2.75, 3.05) is 19.8 Å². The van der Waals surface area contributed by atoms with E-state index < -0.39 is 17.0 Å². The first kappa shape index (κ1) is 24.8. The number of carbonyl (C=O) groups is 2. The number of nitrogens with two attached hydrogens (primary N) is 1. The van der Waals surface area contributed by atoms with Gasteiger partial charge in [-0.05, 0) is 37.6 Å². The Morgan fingerprint density at radius 1 is 1.19 bits per heavy atom. The molecular formula is C23H26ClF2NO4. The number of fused-ring (bicyclic) bond motifs is 3. The van der Waals surface area contributed by atoms with E-state index in [0.29, 0.717) is 26.1 Å². The van der Waals surface area contributed by atoms with E-state index in [2.05, 4.69) is 5.73 Å². The molecule has 2 heterocycles. The normalized spacial score (nSPS) is 21.0. The van der Waals surface area contributed by atoms with E-state index >= 15 is 0 Å². The Kier molecular flexibility index (Phi) is 8.95. The number of primary amides is 1. The fourth-order valence-electron chi connectivity index (χ4n) is 3.38. The van der Waals surface area contributed by atoms with Crippen LogP contribution in [0.5, 0.6) is 5.75 Å². The maximum absolute atomic E-state index is 14.0. The lowest BCUT2D eigenvalue weighted by Crippen LogP contribution is -2.50. The Balaban J connectivity index is 0.000000218. The summed E-state index contributed by atoms with van der Waals surface area (Å²) in [6.07, 6.45) is 1.53. The molecule has 2 unspecified atom stereocenters. The van der Waals surface area contributed by atoms with Crippen molar-refractivity contribution in [2.24, 2.45) is 11.7 Å². The van der Waals surface area contributed by atoms with Crippen LogP contribution in [0.4, 0.5) is 8.78 Å². The maximum atomic E-state index is 14.0. The molecule has 2 aliphatic rings. The van der Waals surface area contributed by atoms with Crippen LogP contribution in [0.25, 0.3) is 0 Å². The van der Waals surface area contributed by atoms with E-state index in [1.807, 2.05) is 31.2 Å². The molecule has 168 valence electrons. The molecule has 4 rings (SSSR count). The van der Waals surface area contributed by atoms with Crippen molar-refractivity contribution in [1.29, 1.82) is 0 Å². The van der Waals surface area contributed by atoms with Crippen LogP contribution in [0.2, 0.25) is 5.02 Å². The summed E-state index contributed by atoms with van der Waals surface area (Å²) in [6, 6.07) is 9.81. The first-order chi connectivity index (χ1) is 14.7. The van der Waals surface area contributed by atoms with E-state index in [1.165, 1.54) is 5.56 Å². The van der Waals surface area contributed by atoms with Gasteiger partial charge >= 0.3 is 0 Å². The number of rotatable bonds is 2. The van der Waals surface area contributed by atoms with Gasteiger partial charge in [0.25, 0.3) is 0 Å². The van der Waals surface area contributed by atoms with Crippen molar-refractivity contribution in [1.82, 2.24) is 0 Å². The second kappa shape index (κ2) is 11.2. The third-order valence-electron chi connectivity index (χ3n) is 5.23. The Morgan fingerprint density at radius 2 is 1.81 bits per heavy atom. The van der Waals surface area contributed by atoms with Gasteiger partial charge in [-0.3, -0.25) is 4.79 Å². The highest BCUT2D eigenvalue weighted by Gasteiger charge is 2.50. The van der Waals surface area contributed by atoms with Crippen molar-refractivity contribution in [2.45, 2.75) is 32.1 Å². The molecule has 8 heteroatoms. The zero-order chi connectivity index (χ0) is 23.0. The van der Waals surface area contributed by atoms with Crippen molar-refractivity contribution >= 4 is 23.8 Å². The number of ether oxygens (including phenoxy) is 2. The molecule has 1 fully saturated rings. The van der Waals surface area contributed by atoms with Gasteiger partial charge < -0.3 is 20.0 Å². The number of benzene rings is 2. The van der Waals surface area contributed by atoms with Gasteiger partial charge in [0.2, 0.25) is 5.91 Å². The smallest absolute Gasteiger partial charge is 0.217 e. The molecular weight excluding hydrogens is 428 g/mol. The monoisotopic (exact) mass is 453 g/mol. The van der Waals surface area contributed by atoms with E-state index in [-0.39, 0.29) is 29.7 Å². The predicted molar refractivity (Wildman–Crippen MR) is 114 cm³/mol. The van der Waals surface area contributed by atoms with Crippen LogP contribution in [-0.2, 0) is 19.7 Å². The standard InChI is InChI=1S/C13H12F2O3.C7H7Cl.C3H7NO/c14-9-1-2-10(15)12-11(9)13(7-16)3-4-17-5-8(13)6-18-12;1-6-2-4-7(8)5-3-6;1-2-3(4)5/h1-2,7-8H,3-6H2;2-5H,1H3;2H2,1H3,(H2,4,5). The van der Waals surface area contributed by atoms with Crippen LogP contribution >= 0.6 is 11.6 Å². The zero-order valence-corrected chi connectivity index (χ0v) is 18.3. The number of carbonyl (C=O) groups excluding carboxylic acids is 2. The van der Waals surface area contributed by atoms with Crippen LogP contribution in [0.1, 0.15) is 30.9 Å². The van der Waals surface area contributed by atoms with Crippen molar-refractivity contribution < 1.29 is 27.8 Å². The van der Waals surface area contributed by atoms with E-state index in [4.69, 9.17) is 21.1 Å².